The molecule has 0 aromatic carbocycles. The molecule has 1 heterocycles. The zero-order chi connectivity index (χ0) is 10.9. The van der Waals surface area contributed by atoms with Gasteiger partial charge in [0.25, 0.3) is 0 Å². The Balaban J connectivity index is 2.42. The third-order valence-electron chi connectivity index (χ3n) is 1.84. The zero-order valence-corrected chi connectivity index (χ0v) is 10.3. The van der Waals surface area contributed by atoms with Gasteiger partial charge in [-0.05, 0) is 24.7 Å². The highest BCUT2D eigenvalue weighted by Crippen LogP contribution is 2.10. The summed E-state index contributed by atoms with van der Waals surface area (Å²) in [6.45, 7) is 5.30. The van der Waals surface area contributed by atoms with Crippen molar-refractivity contribution < 1.29 is 0 Å². The van der Waals surface area contributed by atoms with Crippen molar-refractivity contribution >= 4 is 17.6 Å². The quantitative estimate of drug-likeness (QED) is 0.724. The van der Waals surface area contributed by atoms with Gasteiger partial charge in [0.05, 0.1) is 5.75 Å². The molecule has 15 heavy (non-hydrogen) atoms. The van der Waals surface area contributed by atoms with E-state index in [9.17, 15) is 0 Å². The number of hydrogen-bond donors (Lipinski definition) is 1. The number of hydrogen-bond acceptors (Lipinski definition) is 4. The number of thioether (sulfide) groups is 1. The summed E-state index contributed by atoms with van der Waals surface area (Å²) in [6.07, 6.45) is 4.15. The van der Waals surface area contributed by atoms with E-state index in [1.807, 2.05) is 24.0 Å². The average molecular weight is 225 g/mol. The largest absolute Gasteiger partial charge is 0.370 e. The molecule has 4 heteroatoms. The van der Waals surface area contributed by atoms with Crippen LogP contribution in [0.2, 0.25) is 0 Å². The van der Waals surface area contributed by atoms with Gasteiger partial charge in [-0.15, -0.1) is 0 Å². The molecule has 1 N–H and O–H groups in total. The van der Waals surface area contributed by atoms with E-state index in [4.69, 9.17) is 0 Å². The highest BCUT2D eigenvalue weighted by Gasteiger charge is 1.98. The normalized spacial score (nSPS) is 10.3. The lowest BCUT2D eigenvalue weighted by Gasteiger charge is -2.05. The molecule has 0 aliphatic rings. The van der Waals surface area contributed by atoms with Crippen LogP contribution in [0.15, 0.2) is 12.3 Å². The molecular formula is C11H19N3S. The predicted molar refractivity (Wildman–Crippen MR) is 67.3 cm³/mol. The van der Waals surface area contributed by atoms with Crippen molar-refractivity contribution in [2.75, 3.05) is 17.6 Å². The van der Waals surface area contributed by atoms with Crippen LogP contribution < -0.4 is 5.32 Å². The molecule has 0 amide bonds. The van der Waals surface area contributed by atoms with E-state index >= 15 is 0 Å². The molecule has 0 atom stereocenters. The number of rotatable bonds is 7. The van der Waals surface area contributed by atoms with Gasteiger partial charge in [-0.25, -0.2) is 9.97 Å². The van der Waals surface area contributed by atoms with E-state index in [1.165, 1.54) is 12.2 Å². The maximum atomic E-state index is 4.44. The Morgan fingerprint density at radius 2 is 2.20 bits per heavy atom. The van der Waals surface area contributed by atoms with Crippen molar-refractivity contribution in [3.8, 4) is 0 Å². The Hall–Kier alpha value is -0.770. The second-order valence-corrected chi connectivity index (χ2v) is 4.44. The van der Waals surface area contributed by atoms with Crippen molar-refractivity contribution in [2.45, 2.75) is 32.4 Å². The smallest absolute Gasteiger partial charge is 0.140 e. The molecule has 0 saturated carbocycles. The van der Waals surface area contributed by atoms with Gasteiger partial charge in [0.1, 0.15) is 11.6 Å². The SMILES string of the molecule is CCCNc1ccnc(CSCCC)n1. The van der Waals surface area contributed by atoms with E-state index in [-0.39, 0.29) is 0 Å². The van der Waals surface area contributed by atoms with Gasteiger partial charge >= 0.3 is 0 Å². The fourth-order valence-electron chi connectivity index (χ4n) is 1.13. The Morgan fingerprint density at radius 3 is 2.93 bits per heavy atom. The maximum Gasteiger partial charge on any atom is 0.140 e. The summed E-state index contributed by atoms with van der Waals surface area (Å²) < 4.78 is 0. The summed E-state index contributed by atoms with van der Waals surface area (Å²) in [5.41, 5.74) is 0. The van der Waals surface area contributed by atoms with E-state index < -0.39 is 0 Å². The van der Waals surface area contributed by atoms with Gasteiger partial charge < -0.3 is 5.32 Å². The molecule has 0 radical (unpaired) electrons. The van der Waals surface area contributed by atoms with Crippen LogP contribution in [-0.2, 0) is 5.75 Å². The molecule has 0 saturated heterocycles. The Morgan fingerprint density at radius 1 is 1.33 bits per heavy atom. The minimum atomic E-state index is 0.912. The van der Waals surface area contributed by atoms with Crippen LogP contribution in [0.3, 0.4) is 0 Å². The van der Waals surface area contributed by atoms with Crippen LogP contribution >= 0.6 is 11.8 Å². The van der Waals surface area contributed by atoms with Crippen molar-refractivity contribution in [1.82, 2.24) is 9.97 Å². The highest BCUT2D eigenvalue weighted by atomic mass is 32.2. The summed E-state index contributed by atoms with van der Waals surface area (Å²) in [5, 5.41) is 3.26. The van der Waals surface area contributed by atoms with Gasteiger partial charge in [0.2, 0.25) is 0 Å². The van der Waals surface area contributed by atoms with Gasteiger partial charge in [-0.2, -0.15) is 11.8 Å². The first-order chi connectivity index (χ1) is 7.36. The minimum Gasteiger partial charge on any atom is -0.370 e. The monoisotopic (exact) mass is 225 g/mol. The molecule has 0 unspecified atom stereocenters. The molecule has 0 fully saturated rings. The number of nitrogens with one attached hydrogen (secondary N) is 1. The van der Waals surface area contributed by atoms with Crippen molar-refractivity contribution in [3.05, 3.63) is 18.1 Å². The Kier molecular flexibility index (Phi) is 6.16. The summed E-state index contributed by atoms with van der Waals surface area (Å²) in [6, 6.07) is 1.92. The third kappa shape index (κ3) is 5.02. The number of anilines is 1. The lowest BCUT2D eigenvalue weighted by molar-refractivity contribution is 0.950. The summed E-state index contributed by atoms with van der Waals surface area (Å²) in [4.78, 5) is 8.69. The summed E-state index contributed by atoms with van der Waals surface area (Å²) in [5.74, 6) is 3.96. The van der Waals surface area contributed by atoms with Crippen LogP contribution in [0.5, 0.6) is 0 Å². The molecule has 1 rings (SSSR count). The maximum absolute atomic E-state index is 4.44. The van der Waals surface area contributed by atoms with Crippen LogP contribution in [0.4, 0.5) is 5.82 Å². The van der Waals surface area contributed by atoms with E-state index in [0.717, 1.165) is 30.4 Å². The molecule has 1 aromatic heterocycles. The first-order valence-corrected chi connectivity index (χ1v) is 6.65. The van der Waals surface area contributed by atoms with Crippen molar-refractivity contribution in [3.63, 3.8) is 0 Å². The van der Waals surface area contributed by atoms with Gasteiger partial charge in [-0.1, -0.05) is 13.8 Å². The average Bonchev–Trinajstić information content (AvgIpc) is 2.27. The Bertz CT molecular complexity index is 278. The zero-order valence-electron chi connectivity index (χ0n) is 9.49. The van der Waals surface area contributed by atoms with Crippen molar-refractivity contribution in [2.24, 2.45) is 0 Å². The number of nitrogens with zero attached hydrogens (tertiary/aromatic N) is 2. The second-order valence-electron chi connectivity index (χ2n) is 3.34. The van der Waals surface area contributed by atoms with Crippen LogP contribution in [-0.4, -0.2) is 22.3 Å². The first kappa shape index (κ1) is 12.3. The molecule has 0 spiro atoms. The fraction of sp³-hybridized carbons (Fsp3) is 0.636. The third-order valence-corrected chi connectivity index (χ3v) is 3.00. The lowest BCUT2D eigenvalue weighted by Crippen LogP contribution is -2.04. The van der Waals surface area contributed by atoms with Gasteiger partial charge in [0, 0.05) is 12.7 Å². The van der Waals surface area contributed by atoms with Crippen LogP contribution in [0, 0.1) is 0 Å². The fourth-order valence-corrected chi connectivity index (χ4v) is 1.88. The summed E-state index contributed by atoms with van der Waals surface area (Å²) >= 11 is 1.89. The summed E-state index contributed by atoms with van der Waals surface area (Å²) in [7, 11) is 0. The van der Waals surface area contributed by atoms with Gasteiger partial charge in [0.15, 0.2) is 0 Å². The number of aromatic nitrogens is 2. The molecule has 3 nitrogen and oxygen atoms in total. The topological polar surface area (TPSA) is 37.8 Å². The van der Waals surface area contributed by atoms with Crippen molar-refractivity contribution in [1.29, 1.82) is 0 Å². The minimum absolute atomic E-state index is 0.912. The molecule has 84 valence electrons. The predicted octanol–water partition coefficient (Wildman–Crippen LogP) is 2.94. The molecule has 0 aliphatic heterocycles. The van der Waals surface area contributed by atoms with E-state index in [2.05, 4.69) is 29.1 Å². The molecule has 0 bridgehead atoms. The van der Waals surface area contributed by atoms with E-state index in [0.29, 0.717) is 0 Å². The first-order valence-electron chi connectivity index (χ1n) is 5.50. The standard InChI is InChI=1S/C11H19N3S/c1-3-6-12-10-5-7-13-11(14-10)9-15-8-4-2/h5,7H,3-4,6,8-9H2,1-2H3,(H,12,13,14). The second kappa shape index (κ2) is 7.51. The van der Waals surface area contributed by atoms with E-state index in [1.54, 1.807) is 0 Å². The van der Waals surface area contributed by atoms with Crippen LogP contribution in [0.25, 0.3) is 0 Å². The van der Waals surface area contributed by atoms with Crippen LogP contribution in [0.1, 0.15) is 32.5 Å². The highest BCUT2D eigenvalue weighted by molar-refractivity contribution is 7.98. The Labute approximate surface area is 96.1 Å². The van der Waals surface area contributed by atoms with Gasteiger partial charge in [-0.3, -0.25) is 0 Å². The lowest BCUT2D eigenvalue weighted by atomic mass is 10.4. The molecular weight excluding hydrogens is 206 g/mol. The molecule has 0 aliphatic carbocycles. The molecule has 1 aromatic rings.